The Morgan fingerprint density at radius 2 is 1.69 bits per heavy atom. The second-order valence-electron chi connectivity index (χ2n) is 8.20. The van der Waals surface area contributed by atoms with E-state index in [9.17, 15) is 14.4 Å². The van der Waals surface area contributed by atoms with Crippen LogP contribution in [0.1, 0.15) is 23.4 Å². The lowest BCUT2D eigenvalue weighted by atomic mass is 10.1. The van der Waals surface area contributed by atoms with E-state index in [2.05, 4.69) is 15.6 Å². The Morgan fingerprint density at radius 1 is 0.949 bits per heavy atom. The molecule has 0 saturated heterocycles. The SMILES string of the molecule is CCOC(=O)Cc1csc(NC(=O)C(Sc2cccc(NC(=O)COc3ccccc3)c2)c2ccccc2)n1. The molecule has 1 unspecified atom stereocenters. The summed E-state index contributed by atoms with van der Waals surface area (Å²) in [7, 11) is 0. The molecule has 0 fully saturated rings. The van der Waals surface area contributed by atoms with Crippen LogP contribution in [0.15, 0.2) is 95.2 Å². The maximum absolute atomic E-state index is 13.4. The number of hydrogen-bond acceptors (Lipinski definition) is 8. The first-order valence-electron chi connectivity index (χ1n) is 12.2. The summed E-state index contributed by atoms with van der Waals surface area (Å²) in [5.74, 6) is -0.298. The number of carbonyl (C=O) groups is 3. The van der Waals surface area contributed by atoms with Gasteiger partial charge in [0.05, 0.1) is 18.7 Å². The normalized spacial score (nSPS) is 11.3. The largest absolute Gasteiger partial charge is 0.484 e. The summed E-state index contributed by atoms with van der Waals surface area (Å²) in [6.07, 6.45) is 0.0476. The van der Waals surface area contributed by atoms with Gasteiger partial charge in [-0.05, 0) is 42.8 Å². The van der Waals surface area contributed by atoms with Crippen LogP contribution < -0.4 is 15.4 Å². The summed E-state index contributed by atoms with van der Waals surface area (Å²) < 4.78 is 10.5. The number of esters is 1. The van der Waals surface area contributed by atoms with Crippen molar-refractivity contribution in [1.29, 1.82) is 0 Å². The van der Waals surface area contributed by atoms with Gasteiger partial charge in [-0.2, -0.15) is 0 Å². The number of thioether (sulfide) groups is 1. The third kappa shape index (κ3) is 8.69. The first-order chi connectivity index (χ1) is 19.0. The molecular formula is C29H27N3O5S2. The Balaban J connectivity index is 1.42. The number of anilines is 2. The molecule has 2 N–H and O–H groups in total. The maximum atomic E-state index is 13.4. The van der Waals surface area contributed by atoms with E-state index in [1.165, 1.54) is 23.1 Å². The highest BCUT2D eigenvalue weighted by Crippen LogP contribution is 2.37. The second-order valence-corrected chi connectivity index (χ2v) is 10.2. The minimum Gasteiger partial charge on any atom is -0.484 e. The van der Waals surface area contributed by atoms with E-state index >= 15 is 0 Å². The van der Waals surface area contributed by atoms with E-state index in [-0.39, 0.29) is 30.8 Å². The number of thiazole rings is 1. The quantitative estimate of drug-likeness (QED) is 0.168. The fourth-order valence-corrected chi connectivity index (χ4v) is 5.32. The maximum Gasteiger partial charge on any atom is 0.311 e. The van der Waals surface area contributed by atoms with Crippen LogP contribution in [-0.2, 0) is 25.5 Å². The van der Waals surface area contributed by atoms with Gasteiger partial charge in [-0.1, -0.05) is 54.6 Å². The van der Waals surface area contributed by atoms with Gasteiger partial charge in [0.25, 0.3) is 5.91 Å². The Hall–Kier alpha value is -4.15. The molecule has 0 spiro atoms. The van der Waals surface area contributed by atoms with Crippen LogP contribution in [0.4, 0.5) is 10.8 Å². The Morgan fingerprint density at radius 3 is 2.44 bits per heavy atom. The van der Waals surface area contributed by atoms with Gasteiger partial charge in [-0.25, -0.2) is 4.98 Å². The van der Waals surface area contributed by atoms with Gasteiger partial charge in [-0.3, -0.25) is 14.4 Å². The van der Waals surface area contributed by atoms with Crippen molar-refractivity contribution in [2.75, 3.05) is 23.8 Å². The average molecular weight is 562 g/mol. The minimum atomic E-state index is -0.587. The molecule has 4 aromatic rings. The lowest BCUT2D eigenvalue weighted by Crippen LogP contribution is -2.20. The average Bonchev–Trinajstić information content (AvgIpc) is 3.38. The van der Waals surface area contributed by atoms with Gasteiger partial charge in [0.15, 0.2) is 11.7 Å². The van der Waals surface area contributed by atoms with E-state index in [1.807, 2.05) is 66.7 Å². The predicted octanol–water partition coefficient (Wildman–Crippen LogP) is 5.74. The van der Waals surface area contributed by atoms with Crippen LogP contribution in [0.25, 0.3) is 0 Å². The fourth-order valence-electron chi connectivity index (χ4n) is 3.52. The molecule has 4 rings (SSSR count). The molecule has 1 heterocycles. The monoisotopic (exact) mass is 561 g/mol. The molecule has 0 radical (unpaired) electrons. The van der Waals surface area contributed by atoms with Gasteiger partial charge >= 0.3 is 5.97 Å². The van der Waals surface area contributed by atoms with Crippen LogP contribution in [0.2, 0.25) is 0 Å². The van der Waals surface area contributed by atoms with E-state index in [0.29, 0.717) is 28.9 Å². The molecule has 10 heteroatoms. The molecule has 0 aliphatic heterocycles. The Bertz CT molecular complexity index is 1400. The third-order valence-electron chi connectivity index (χ3n) is 5.24. The van der Waals surface area contributed by atoms with Crippen LogP contribution in [0.3, 0.4) is 0 Å². The zero-order valence-corrected chi connectivity index (χ0v) is 22.8. The van der Waals surface area contributed by atoms with Gasteiger partial charge in [0.1, 0.15) is 11.0 Å². The van der Waals surface area contributed by atoms with Crippen LogP contribution in [0.5, 0.6) is 5.75 Å². The molecule has 0 aliphatic carbocycles. The van der Waals surface area contributed by atoms with Gasteiger partial charge in [0, 0.05) is 16.0 Å². The van der Waals surface area contributed by atoms with Crippen molar-refractivity contribution in [3.63, 3.8) is 0 Å². The highest BCUT2D eigenvalue weighted by atomic mass is 32.2. The molecule has 8 nitrogen and oxygen atoms in total. The van der Waals surface area contributed by atoms with Gasteiger partial charge < -0.3 is 20.1 Å². The Labute approximate surface area is 234 Å². The molecule has 39 heavy (non-hydrogen) atoms. The van der Waals surface area contributed by atoms with E-state index in [4.69, 9.17) is 9.47 Å². The zero-order valence-electron chi connectivity index (χ0n) is 21.2. The zero-order chi connectivity index (χ0) is 27.5. The van der Waals surface area contributed by atoms with Crippen molar-refractivity contribution in [3.8, 4) is 5.75 Å². The van der Waals surface area contributed by atoms with E-state index < -0.39 is 5.25 Å². The minimum absolute atomic E-state index is 0.0476. The number of rotatable bonds is 12. The predicted molar refractivity (Wildman–Crippen MR) is 153 cm³/mol. The fraction of sp³-hybridized carbons (Fsp3) is 0.172. The Kier molecular flexibility index (Phi) is 10.1. The van der Waals surface area contributed by atoms with Gasteiger partial charge in [-0.15, -0.1) is 23.1 Å². The van der Waals surface area contributed by atoms with Crippen molar-refractivity contribution in [2.45, 2.75) is 23.5 Å². The number of aromatic nitrogens is 1. The topological polar surface area (TPSA) is 107 Å². The van der Waals surface area contributed by atoms with Gasteiger partial charge in [0.2, 0.25) is 5.91 Å². The first kappa shape index (κ1) is 27.9. The number of hydrogen-bond donors (Lipinski definition) is 2. The summed E-state index contributed by atoms with van der Waals surface area (Å²) in [5.41, 5.74) is 1.95. The number of carbonyl (C=O) groups excluding carboxylic acids is 3. The smallest absolute Gasteiger partial charge is 0.311 e. The molecule has 3 aromatic carbocycles. The highest BCUT2D eigenvalue weighted by Gasteiger charge is 2.23. The number of para-hydroxylation sites is 1. The van der Waals surface area contributed by atoms with E-state index in [0.717, 1.165) is 10.5 Å². The van der Waals surface area contributed by atoms with Crippen molar-refractivity contribution in [3.05, 3.63) is 102 Å². The molecule has 0 saturated carbocycles. The van der Waals surface area contributed by atoms with E-state index in [1.54, 1.807) is 30.5 Å². The number of nitrogens with zero attached hydrogens (tertiary/aromatic N) is 1. The number of nitrogens with one attached hydrogen (secondary N) is 2. The highest BCUT2D eigenvalue weighted by molar-refractivity contribution is 8.00. The van der Waals surface area contributed by atoms with Crippen molar-refractivity contribution in [1.82, 2.24) is 4.98 Å². The summed E-state index contributed by atoms with van der Waals surface area (Å²) in [4.78, 5) is 42.7. The summed E-state index contributed by atoms with van der Waals surface area (Å²) in [6.45, 7) is 1.92. The first-order valence-corrected chi connectivity index (χ1v) is 14.0. The summed E-state index contributed by atoms with van der Waals surface area (Å²) in [6, 6.07) is 25.8. The second kappa shape index (κ2) is 14.1. The molecule has 0 bridgehead atoms. The van der Waals surface area contributed by atoms with Crippen molar-refractivity contribution in [2.24, 2.45) is 0 Å². The standard InChI is InChI=1S/C29H27N3O5S2/c1-2-36-26(34)17-22-19-38-29(31-22)32-28(35)27(20-10-5-3-6-11-20)39-24-15-9-12-21(16-24)30-25(33)18-37-23-13-7-4-8-14-23/h3-16,19,27H,2,17-18H2,1H3,(H,30,33)(H,31,32,35). The number of ether oxygens (including phenoxy) is 2. The molecule has 1 atom stereocenters. The lowest BCUT2D eigenvalue weighted by Gasteiger charge is -2.17. The molecule has 0 aliphatic rings. The molecule has 1 aromatic heterocycles. The number of benzene rings is 3. The van der Waals surface area contributed by atoms with Crippen molar-refractivity contribution >= 4 is 51.7 Å². The van der Waals surface area contributed by atoms with Crippen LogP contribution in [0, 0.1) is 0 Å². The molecule has 2 amide bonds. The third-order valence-corrected chi connectivity index (χ3v) is 7.29. The summed E-state index contributed by atoms with van der Waals surface area (Å²) in [5, 5.41) is 7.26. The van der Waals surface area contributed by atoms with Crippen molar-refractivity contribution < 1.29 is 23.9 Å². The van der Waals surface area contributed by atoms with Crippen LogP contribution in [-0.4, -0.2) is 36.0 Å². The summed E-state index contributed by atoms with van der Waals surface area (Å²) >= 11 is 2.60. The lowest BCUT2D eigenvalue weighted by molar-refractivity contribution is -0.142. The number of amides is 2. The molecule has 200 valence electrons. The van der Waals surface area contributed by atoms with Crippen LogP contribution >= 0.6 is 23.1 Å². The molecular weight excluding hydrogens is 534 g/mol.